The molecule has 52 valence electrons. The van der Waals surface area contributed by atoms with Crippen molar-refractivity contribution >= 4 is 12.4 Å². The standard InChI is InChI=1S/C5H13NO.ClH/c1-4(7)5(2,3)6;/h4,7H,6H2,1-3H3;1H. The third-order valence-corrected chi connectivity index (χ3v) is 1.08. The molecule has 0 rings (SSSR count). The maximum Gasteiger partial charge on any atom is 0.0686 e. The van der Waals surface area contributed by atoms with Crippen LogP contribution >= 0.6 is 12.4 Å². The number of aliphatic hydroxyl groups is 1. The molecule has 0 fully saturated rings. The summed E-state index contributed by atoms with van der Waals surface area (Å²) in [6, 6.07) is 0. The lowest BCUT2D eigenvalue weighted by Crippen LogP contribution is -2.43. The number of aliphatic hydroxyl groups excluding tert-OH is 1. The zero-order chi connectivity index (χ0) is 6.08. The van der Waals surface area contributed by atoms with Crippen LogP contribution in [0.4, 0.5) is 0 Å². The Bertz CT molecular complexity index is 57.9. The highest BCUT2D eigenvalue weighted by atomic mass is 35.5. The zero-order valence-electron chi connectivity index (χ0n) is 5.51. The smallest absolute Gasteiger partial charge is 0.0686 e. The summed E-state index contributed by atoms with van der Waals surface area (Å²) < 4.78 is 0. The van der Waals surface area contributed by atoms with Gasteiger partial charge in [-0.15, -0.1) is 12.4 Å². The summed E-state index contributed by atoms with van der Waals surface area (Å²) >= 11 is 0. The van der Waals surface area contributed by atoms with Gasteiger partial charge >= 0.3 is 0 Å². The molecule has 1 atom stereocenters. The minimum Gasteiger partial charge on any atom is -0.392 e. The molecule has 0 aliphatic rings. The van der Waals surface area contributed by atoms with E-state index >= 15 is 0 Å². The SMILES string of the molecule is CC(O)C(C)(C)N.Cl. The molecule has 0 saturated heterocycles. The van der Waals surface area contributed by atoms with Crippen molar-refractivity contribution in [1.82, 2.24) is 0 Å². The largest absolute Gasteiger partial charge is 0.392 e. The van der Waals surface area contributed by atoms with E-state index in [-0.39, 0.29) is 12.4 Å². The van der Waals surface area contributed by atoms with Crippen LogP contribution in [0, 0.1) is 0 Å². The van der Waals surface area contributed by atoms with Crippen molar-refractivity contribution in [2.45, 2.75) is 32.4 Å². The first-order chi connectivity index (χ1) is 2.94. The van der Waals surface area contributed by atoms with Gasteiger partial charge in [-0.2, -0.15) is 0 Å². The van der Waals surface area contributed by atoms with Crippen LogP contribution < -0.4 is 5.73 Å². The summed E-state index contributed by atoms with van der Waals surface area (Å²) in [6.07, 6.45) is -0.424. The number of hydrogen-bond acceptors (Lipinski definition) is 2. The van der Waals surface area contributed by atoms with Crippen molar-refractivity contribution in [2.24, 2.45) is 5.73 Å². The Hall–Kier alpha value is 0.210. The number of nitrogens with two attached hydrogens (primary N) is 1. The third kappa shape index (κ3) is 4.37. The highest BCUT2D eigenvalue weighted by Gasteiger charge is 2.16. The number of halogens is 1. The Morgan fingerprint density at radius 3 is 1.62 bits per heavy atom. The topological polar surface area (TPSA) is 46.2 Å². The Morgan fingerprint density at radius 1 is 1.50 bits per heavy atom. The molecule has 3 N–H and O–H groups in total. The normalized spacial score (nSPS) is 14.6. The quantitative estimate of drug-likeness (QED) is 0.557. The van der Waals surface area contributed by atoms with Gasteiger partial charge in [-0.3, -0.25) is 0 Å². The van der Waals surface area contributed by atoms with Gasteiger partial charge in [0.2, 0.25) is 0 Å². The summed E-state index contributed by atoms with van der Waals surface area (Å²) in [4.78, 5) is 0. The lowest BCUT2D eigenvalue weighted by molar-refractivity contribution is 0.122. The fraction of sp³-hybridized carbons (Fsp3) is 1.00. The van der Waals surface area contributed by atoms with Crippen LogP contribution in [0.25, 0.3) is 0 Å². The van der Waals surface area contributed by atoms with Crippen LogP contribution in [0.5, 0.6) is 0 Å². The fourth-order valence-corrected chi connectivity index (χ4v) is 0. The second-order valence-electron chi connectivity index (χ2n) is 2.50. The van der Waals surface area contributed by atoms with Gasteiger partial charge in [-0.1, -0.05) is 0 Å². The summed E-state index contributed by atoms with van der Waals surface area (Å²) in [5.74, 6) is 0. The molecule has 0 aliphatic carbocycles. The monoisotopic (exact) mass is 139 g/mol. The van der Waals surface area contributed by atoms with E-state index < -0.39 is 11.6 Å². The maximum absolute atomic E-state index is 8.76. The van der Waals surface area contributed by atoms with E-state index in [1.54, 1.807) is 20.8 Å². The predicted molar refractivity (Wildman–Crippen MR) is 37.2 cm³/mol. The lowest BCUT2D eigenvalue weighted by Gasteiger charge is -2.21. The van der Waals surface area contributed by atoms with Crippen LogP contribution in [0.3, 0.4) is 0 Å². The maximum atomic E-state index is 8.76. The second-order valence-corrected chi connectivity index (χ2v) is 2.50. The molecule has 0 aromatic rings. The predicted octanol–water partition coefficient (Wildman–Crippen LogP) is 0.526. The molecule has 0 aliphatic heterocycles. The molecule has 0 radical (unpaired) electrons. The first kappa shape index (κ1) is 11.1. The molecule has 0 heterocycles. The number of hydrogen-bond donors (Lipinski definition) is 2. The Morgan fingerprint density at radius 2 is 1.62 bits per heavy atom. The van der Waals surface area contributed by atoms with Gasteiger partial charge in [0.1, 0.15) is 0 Å². The van der Waals surface area contributed by atoms with Gasteiger partial charge in [0, 0.05) is 5.54 Å². The van der Waals surface area contributed by atoms with Crippen molar-refractivity contribution in [2.75, 3.05) is 0 Å². The third-order valence-electron chi connectivity index (χ3n) is 1.08. The molecular formula is C5H14ClNO. The molecular weight excluding hydrogens is 126 g/mol. The van der Waals surface area contributed by atoms with Crippen molar-refractivity contribution < 1.29 is 5.11 Å². The molecule has 0 bridgehead atoms. The Balaban J connectivity index is 0. The molecule has 0 amide bonds. The molecule has 0 spiro atoms. The van der Waals surface area contributed by atoms with E-state index in [0.717, 1.165) is 0 Å². The molecule has 0 aromatic carbocycles. The average molecular weight is 140 g/mol. The highest BCUT2D eigenvalue weighted by Crippen LogP contribution is 2.01. The minimum atomic E-state index is -0.444. The summed E-state index contributed by atoms with van der Waals surface area (Å²) in [7, 11) is 0. The minimum absolute atomic E-state index is 0. The Kier molecular flexibility index (Phi) is 4.53. The summed E-state index contributed by atoms with van der Waals surface area (Å²) in [5, 5.41) is 8.76. The van der Waals surface area contributed by atoms with E-state index in [1.807, 2.05) is 0 Å². The van der Waals surface area contributed by atoms with Crippen molar-refractivity contribution in [3.8, 4) is 0 Å². The van der Waals surface area contributed by atoms with Gasteiger partial charge in [0.05, 0.1) is 6.10 Å². The van der Waals surface area contributed by atoms with Crippen molar-refractivity contribution in [1.29, 1.82) is 0 Å². The average Bonchev–Trinajstić information content (AvgIpc) is 1.31. The molecule has 8 heavy (non-hydrogen) atoms. The first-order valence-electron chi connectivity index (χ1n) is 2.41. The van der Waals surface area contributed by atoms with Crippen LogP contribution in [0.2, 0.25) is 0 Å². The van der Waals surface area contributed by atoms with Gasteiger partial charge in [0.15, 0.2) is 0 Å². The van der Waals surface area contributed by atoms with E-state index in [4.69, 9.17) is 10.8 Å². The van der Waals surface area contributed by atoms with Crippen LogP contribution in [-0.4, -0.2) is 16.7 Å². The lowest BCUT2D eigenvalue weighted by atomic mass is 10.0. The van der Waals surface area contributed by atoms with E-state index in [9.17, 15) is 0 Å². The van der Waals surface area contributed by atoms with Gasteiger partial charge in [0.25, 0.3) is 0 Å². The molecule has 3 heteroatoms. The molecule has 1 unspecified atom stereocenters. The van der Waals surface area contributed by atoms with Gasteiger partial charge < -0.3 is 10.8 Å². The molecule has 2 nitrogen and oxygen atoms in total. The van der Waals surface area contributed by atoms with E-state index in [2.05, 4.69) is 0 Å². The van der Waals surface area contributed by atoms with E-state index in [0.29, 0.717) is 0 Å². The fourth-order valence-electron chi connectivity index (χ4n) is 0. The highest BCUT2D eigenvalue weighted by molar-refractivity contribution is 5.85. The zero-order valence-corrected chi connectivity index (χ0v) is 6.33. The van der Waals surface area contributed by atoms with E-state index in [1.165, 1.54) is 0 Å². The Labute approximate surface area is 56.5 Å². The van der Waals surface area contributed by atoms with Crippen molar-refractivity contribution in [3.05, 3.63) is 0 Å². The molecule has 0 aromatic heterocycles. The van der Waals surface area contributed by atoms with Gasteiger partial charge in [-0.25, -0.2) is 0 Å². The summed E-state index contributed by atoms with van der Waals surface area (Å²) in [5.41, 5.74) is 4.98. The second kappa shape index (κ2) is 3.28. The summed E-state index contributed by atoms with van der Waals surface area (Å²) in [6.45, 7) is 5.26. The number of rotatable bonds is 1. The van der Waals surface area contributed by atoms with Gasteiger partial charge in [-0.05, 0) is 20.8 Å². The van der Waals surface area contributed by atoms with Crippen LogP contribution in [0.15, 0.2) is 0 Å². The first-order valence-corrected chi connectivity index (χ1v) is 2.41. The van der Waals surface area contributed by atoms with Crippen LogP contribution in [-0.2, 0) is 0 Å². The van der Waals surface area contributed by atoms with Crippen LogP contribution in [0.1, 0.15) is 20.8 Å². The molecule has 0 saturated carbocycles. The van der Waals surface area contributed by atoms with Crippen molar-refractivity contribution in [3.63, 3.8) is 0 Å².